The smallest absolute Gasteiger partial charge is 0.354 e. The summed E-state index contributed by atoms with van der Waals surface area (Å²) in [5.41, 5.74) is 0.875. The molecule has 0 radical (unpaired) electrons. The molecule has 2 N–H and O–H groups in total. The summed E-state index contributed by atoms with van der Waals surface area (Å²) in [5.74, 6) is 0.302. The molecule has 1 saturated heterocycles. The Hall–Kier alpha value is -1.82. The number of amides is 1. The van der Waals surface area contributed by atoms with Crippen LogP contribution in [-0.2, 0) is 17.5 Å². The lowest BCUT2D eigenvalue weighted by molar-refractivity contribution is -0.137. The molecule has 1 aliphatic rings. The second-order valence-electron chi connectivity index (χ2n) is 8.16. The van der Waals surface area contributed by atoms with Crippen molar-refractivity contribution in [2.24, 2.45) is 4.99 Å². The zero-order valence-corrected chi connectivity index (χ0v) is 21.2. The van der Waals surface area contributed by atoms with Crippen molar-refractivity contribution < 1.29 is 18.0 Å². The Labute approximate surface area is 205 Å². The minimum Gasteiger partial charge on any atom is -0.354 e. The van der Waals surface area contributed by atoms with E-state index >= 15 is 0 Å². The quantitative estimate of drug-likeness (QED) is 0.229. The van der Waals surface area contributed by atoms with Crippen molar-refractivity contribution in [1.29, 1.82) is 0 Å². The van der Waals surface area contributed by atoms with Gasteiger partial charge < -0.3 is 15.5 Å². The van der Waals surface area contributed by atoms with Crippen LogP contribution in [0.2, 0.25) is 0 Å². The summed E-state index contributed by atoms with van der Waals surface area (Å²) >= 11 is 0. The van der Waals surface area contributed by atoms with E-state index in [4.69, 9.17) is 0 Å². The number of likely N-dealkylation sites (N-methyl/N-ethyl adjacent to an activating group) is 1. The summed E-state index contributed by atoms with van der Waals surface area (Å²) in [4.78, 5) is 20.2. The van der Waals surface area contributed by atoms with Crippen molar-refractivity contribution in [2.75, 3.05) is 40.3 Å². The Kier molecular flexibility index (Phi) is 11.5. The summed E-state index contributed by atoms with van der Waals surface area (Å²) < 4.78 is 38.9. The fraction of sp³-hybridized carbons (Fsp3) is 0.545. The molecule has 180 valence electrons. The van der Waals surface area contributed by atoms with Crippen LogP contribution in [0.5, 0.6) is 0 Å². The number of piperidine rings is 1. The number of hydrogen-bond acceptors (Lipinski definition) is 3. The van der Waals surface area contributed by atoms with Crippen LogP contribution in [0.1, 0.15) is 30.9 Å². The molecule has 10 heteroatoms. The maximum absolute atomic E-state index is 13.0. The van der Waals surface area contributed by atoms with Crippen LogP contribution in [0.15, 0.2) is 41.4 Å². The van der Waals surface area contributed by atoms with Gasteiger partial charge in [-0.25, -0.2) is 4.99 Å². The van der Waals surface area contributed by atoms with Gasteiger partial charge in [-0.15, -0.1) is 24.0 Å². The molecule has 0 bridgehead atoms. The number of hydrogen-bond donors (Lipinski definition) is 2. The molecule has 32 heavy (non-hydrogen) atoms. The van der Waals surface area contributed by atoms with Crippen molar-refractivity contribution in [3.63, 3.8) is 0 Å². The first-order chi connectivity index (χ1) is 14.5. The molecule has 0 unspecified atom stereocenters. The van der Waals surface area contributed by atoms with Gasteiger partial charge in [0.2, 0.25) is 5.91 Å². The SMILES string of the molecule is C=C(C)CN1CCC(NC(=NCc2cccc(C(F)(F)F)c2)NCC(=O)N(C)C)CC1.I. The first-order valence-corrected chi connectivity index (χ1v) is 10.3. The second kappa shape index (κ2) is 13.0. The molecule has 1 aromatic rings. The zero-order valence-electron chi connectivity index (χ0n) is 18.8. The number of halogens is 4. The van der Waals surface area contributed by atoms with Crippen molar-refractivity contribution in [1.82, 2.24) is 20.4 Å². The summed E-state index contributed by atoms with van der Waals surface area (Å²) in [5, 5.41) is 6.34. The highest BCUT2D eigenvalue weighted by Gasteiger charge is 2.30. The van der Waals surface area contributed by atoms with Crippen LogP contribution >= 0.6 is 24.0 Å². The van der Waals surface area contributed by atoms with Crippen LogP contribution in [0.3, 0.4) is 0 Å². The third-order valence-corrected chi connectivity index (χ3v) is 5.00. The summed E-state index contributed by atoms with van der Waals surface area (Å²) in [6.45, 7) is 8.80. The van der Waals surface area contributed by atoms with Gasteiger partial charge >= 0.3 is 6.18 Å². The predicted molar refractivity (Wildman–Crippen MR) is 132 cm³/mol. The first kappa shape index (κ1) is 28.2. The number of nitrogens with one attached hydrogen (secondary N) is 2. The highest BCUT2D eigenvalue weighted by Crippen LogP contribution is 2.29. The van der Waals surface area contributed by atoms with E-state index in [0.717, 1.165) is 50.2 Å². The highest BCUT2D eigenvalue weighted by atomic mass is 127. The molecule has 0 spiro atoms. The van der Waals surface area contributed by atoms with Gasteiger partial charge in [0.15, 0.2) is 5.96 Å². The topological polar surface area (TPSA) is 60.0 Å². The van der Waals surface area contributed by atoms with Gasteiger partial charge in [-0.1, -0.05) is 24.3 Å². The van der Waals surface area contributed by atoms with Crippen LogP contribution < -0.4 is 10.6 Å². The standard InChI is InChI=1S/C22H32F3N5O.HI/c1-16(2)15-30-10-8-19(9-11-30)28-21(27-14-20(31)29(3)4)26-13-17-6-5-7-18(12-17)22(23,24)25;/h5-7,12,19H,1,8-11,13-15H2,2-4H3,(H2,26,27,28);1H. The number of carbonyl (C=O) groups excluding carboxylic acids is 1. The lowest BCUT2D eigenvalue weighted by Gasteiger charge is -2.33. The molecule has 1 fully saturated rings. The van der Waals surface area contributed by atoms with Crippen molar-refractivity contribution >= 4 is 35.8 Å². The van der Waals surface area contributed by atoms with Crippen LogP contribution in [0.4, 0.5) is 13.2 Å². The predicted octanol–water partition coefficient (Wildman–Crippen LogP) is 3.49. The van der Waals surface area contributed by atoms with Crippen molar-refractivity contribution in [2.45, 2.75) is 38.5 Å². The van der Waals surface area contributed by atoms with E-state index in [9.17, 15) is 18.0 Å². The number of aliphatic imine (C=N–C) groups is 1. The summed E-state index contributed by atoms with van der Waals surface area (Å²) in [7, 11) is 3.32. The van der Waals surface area contributed by atoms with Gasteiger partial charge in [0.1, 0.15) is 0 Å². The maximum Gasteiger partial charge on any atom is 0.416 e. The Morgan fingerprint density at radius 3 is 2.50 bits per heavy atom. The minimum absolute atomic E-state index is 0. The summed E-state index contributed by atoms with van der Waals surface area (Å²) in [6, 6.07) is 5.29. The molecular formula is C22H33F3IN5O. The molecule has 6 nitrogen and oxygen atoms in total. The Balaban J connectivity index is 0.00000512. The van der Waals surface area contributed by atoms with E-state index in [1.165, 1.54) is 11.0 Å². The number of alkyl halides is 3. The van der Waals surface area contributed by atoms with E-state index in [-0.39, 0.29) is 49.0 Å². The van der Waals surface area contributed by atoms with E-state index in [2.05, 4.69) is 27.1 Å². The maximum atomic E-state index is 13.0. The molecule has 1 amide bonds. The lowest BCUT2D eigenvalue weighted by Crippen LogP contribution is -2.50. The second-order valence-corrected chi connectivity index (χ2v) is 8.16. The molecule has 0 aromatic heterocycles. The Morgan fingerprint density at radius 1 is 1.28 bits per heavy atom. The molecule has 1 aliphatic heterocycles. The van der Waals surface area contributed by atoms with Gasteiger partial charge in [0, 0.05) is 39.8 Å². The molecule has 0 atom stereocenters. The molecule has 2 rings (SSSR count). The number of nitrogens with zero attached hydrogens (tertiary/aromatic N) is 3. The van der Waals surface area contributed by atoms with E-state index in [1.807, 2.05) is 6.92 Å². The average Bonchev–Trinajstić information content (AvgIpc) is 2.70. The Morgan fingerprint density at radius 2 is 1.94 bits per heavy atom. The highest BCUT2D eigenvalue weighted by molar-refractivity contribution is 14.0. The fourth-order valence-corrected chi connectivity index (χ4v) is 3.30. The number of guanidine groups is 1. The van der Waals surface area contributed by atoms with Gasteiger partial charge in [-0.05, 0) is 37.5 Å². The number of likely N-dealkylation sites (tertiary alicyclic amines) is 1. The summed E-state index contributed by atoms with van der Waals surface area (Å²) in [6.07, 6.45) is -2.59. The fourth-order valence-electron chi connectivity index (χ4n) is 3.30. The Bertz CT molecular complexity index is 790. The van der Waals surface area contributed by atoms with Gasteiger partial charge in [0.25, 0.3) is 0 Å². The van der Waals surface area contributed by atoms with Gasteiger partial charge in [-0.3, -0.25) is 9.69 Å². The molecular weight excluding hydrogens is 534 g/mol. The normalized spacial score (nSPS) is 15.6. The number of carbonyl (C=O) groups is 1. The molecule has 0 aliphatic carbocycles. The van der Waals surface area contributed by atoms with Crippen LogP contribution in [-0.4, -0.2) is 68.0 Å². The first-order valence-electron chi connectivity index (χ1n) is 10.3. The van der Waals surface area contributed by atoms with Crippen LogP contribution in [0, 0.1) is 0 Å². The minimum atomic E-state index is -4.39. The largest absolute Gasteiger partial charge is 0.416 e. The molecule has 0 saturated carbocycles. The van der Waals surface area contributed by atoms with Gasteiger partial charge in [0.05, 0.1) is 18.7 Å². The third kappa shape index (κ3) is 9.76. The number of benzene rings is 1. The average molecular weight is 567 g/mol. The number of rotatable bonds is 7. The monoisotopic (exact) mass is 567 g/mol. The van der Waals surface area contributed by atoms with Gasteiger partial charge in [-0.2, -0.15) is 13.2 Å². The molecule has 1 heterocycles. The zero-order chi connectivity index (χ0) is 23.0. The van der Waals surface area contributed by atoms with E-state index < -0.39 is 11.7 Å². The van der Waals surface area contributed by atoms with E-state index in [0.29, 0.717) is 11.5 Å². The van der Waals surface area contributed by atoms with Crippen molar-refractivity contribution in [3.05, 3.63) is 47.5 Å². The molecule has 1 aromatic carbocycles. The van der Waals surface area contributed by atoms with Crippen molar-refractivity contribution in [3.8, 4) is 0 Å². The van der Waals surface area contributed by atoms with E-state index in [1.54, 1.807) is 20.2 Å². The third-order valence-electron chi connectivity index (χ3n) is 5.00. The lowest BCUT2D eigenvalue weighted by atomic mass is 10.0. The van der Waals surface area contributed by atoms with Crippen LogP contribution in [0.25, 0.3) is 0 Å².